The number of benzene rings is 3. The van der Waals surface area contributed by atoms with Crippen molar-refractivity contribution < 1.29 is 17.9 Å². The topological polar surface area (TPSA) is 84.5 Å². The van der Waals surface area contributed by atoms with Crippen LogP contribution in [0.4, 0.5) is 0 Å². The molecule has 1 saturated heterocycles. The van der Waals surface area contributed by atoms with Crippen molar-refractivity contribution in [2.24, 2.45) is 0 Å². The van der Waals surface area contributed by atoms with Crippen LogP contribution in [0.1, 0.15) is 41.7 Å². The van der Waals surface area contributed by atoms with Gasteiger partial charge in [0.2, 0.25) is 10.0 Å². The molecule has 0 spiro atoms. The van der Waals surface area contributed by atoms with Gasteiger partial charge >= 0.3 is 0 Å². The molecule has 0 saturated carbocycles. The van der Waals surface area contributed by atoms with Gasteiger partial charge in [0.1, 0.15) is 4.90 Å². The van der Waals surface area contributed by atoms with Gasteiger partial charge in [0.25, 0.3) is 5.91 Å². The average molecular weight is 473 g/mol. The molecule has 1 aliphatic rings. The van der Waals surface area contributed by atoms with Gasteiger partial charge < -0.3 is 10.1 Å². The van der Waals surface area contributed by atoms with E-state index in [4.69, 9.17) is 16.3 Å². The summed E-state index contributed by atoms with van der Waals surface area (Å²) in [6, 6.07) is 18.0. The zero-order chi connectivity index (χ0) is 22.7. The first-order chi connectivity index (χ1) is 15.3. The number of hydrogen-bond donors (Lipinski definition) is 2. The van der Waals surface area contributed by atoms with E-state index < -0.39 is 10.0 Å². The maximum absolute atomic E-state index is 12.9. The van der Waals surface area contributed by atoms with E-state index in [0.717, 1.165) is 29.2 Å². The van der Waals surface area contributed by atoms with Gasteiger partial charge in [0, 0.05) is 18.7 Å². The van der Waals surface area contributed by atoms with E-state index in [1.54, 1.807) is 0 Å². The fourth-order valence-electron chi connectivity index (χ4n) is 3.78. The van der Waals surface area contributed by atoms with Crippen LogP contribution in [-0.2, 0) is 14.8 Å². The first-order valence-electron chi connectivity index (χ1n) is 10.5. The SMILES string of the molecule is CC(NC(=O)c1ccc(Cl)c(S(=O)(=O)NCC2CCCO2)c1)c1ccc2ccccc2c1. The van der Waals surface area contributed by atoms with Gasteiger partial charge in [-0.05, 0) is 60.4 Å². The summed E-state index contributed by atoms with van der Waals surface area (Å²) in [5.41, 5.74) is 1.18. The lowest BCUT2D eigenvalue weighted by atomic mass is 10.0. The highest BCUT2D eigenvalue weighted by Crippen LogP contribution is 2.24. The second kappa shape index (κ2) is 9.58. The van der Waals surface area contributed by atoms with Crippen LogP contribution in [-0.4, -0.2) is 33.6 Å². The average Bonchev–Trinajstić information content (AvgIpc) is 3.31. The Hall–Kier alpha value is -2.45. The largest absolute Gasteiger partial charge is 0.377 e. The van der Waals surface area contributed by atoms with Crippen molar-refractivity contribution in [1.29, 1.82) is 0 Å². The minimum absolute atomic E-state index is 0.0592. The second-order valence-electron chi connectivity index (χ2n) is 7.93. The summed E-state index contributed by atoms with van der Waals surface area (Å²) >= 11 is 6.16. The molecule has 8 heteroatoms. The molecule has 3 aromatic rings. The van der Waals surface area contributed by atoms with E-state index in [0.29, 0.717) is 6.61 Å². The van der Waals surface area contributed by atoms with E-state index in [1.165, 1.54) is 18.2 Å². The molecular weight excluding hydrogens is 448 g/mol. The number of carbonyl (C=O) groups is 1. The Morgan fingerprint density at radius 2 is 1.91 bits per heavy atom. The lowest BCUT2D eigenvalue weighted by Crippen LogP contribution is -2.32. The first kappa shape index (κ1) is 22.7. The summed E-state index contributed by atoms with van der Waals surface area (Å²) in [5.74, 6) is -0.377. The Morgan fingerprint density at radius 3 is 2.66 bits per heavy atom. The number of ether oxygens (including phenoxy) is 1. The van der Waals surface area contributed by atoms with E-state index in [9.17, 15) is 13.2 Å². The van der Waals surface area contributed by atoms with Crippen molar-refractivity contribution >= 4 is 38.3 Å². The Balaban J connectivity index is 1.49. The summed E-state index contributed by atoms with van der Waals surface area (Å²) in [5, 5.41) is 5.20. The molecular formula is C24H25ClN2O4S. The van der Waals surface area contributed by atoms with Gasteiger partial charge in [0.05, 0.1) is 17.2 Å². The van der Waals surface area contributed by atoms with Gasteiger partial charge in [0.15, 0.2) is 0 Å². The lowest BCUT2D eigenvalue weighted by molar-refractivity contribution is 0.0939. The minimum atomic E-state index is -3.88. The van der Waals surface area contributed by atoms with E-state index in [-0.39, 0.29) is 40.1 Å². The maximum atomic E-state index is 12.9. The fourth-order valence-corrected chi connectivity index (χ4v) is 5.37. The van der Waals surface area contributed by atoms with E-state index in [2.05, 4.69) is 10.0 Å². The number of carbonyl (C=O) groups excluding carboxylic acids is 1. The molecule has 2 unspecified atom stereocenters. The Labute approximate surface area is 193 Å². The first-order valence-corrected chi connectivity index (χ1v) is 12.4. The van der Waals surface area contributed by atoms with Gasteiger partial charge in [-0.1, -0.05) is 48.0 Å². The number of halogens is 1. The van der Waals surface area contributed by atoms with Crippen molar-refractivity contribution in [3.05, 3.63) is 76.8 Å². The molecule has 32 heavy (non-hydrogen) atoms. The number of amides is 1. The maximum Gasteiger partial charge on any atom is 0.251 e. The Morgan fingerprint density at radius 1 is 1.12 bits per heavy atom. The van der Waals surface area contributed by atoms with Crippen LogP contribution >= 0.6 is 11.6 Å². The van der Waals surface area contributed by atoms with Crippen LogP contribution in [0.5, 0.6) is 0 Å². The third-order valence-electron chi connectivity index (χ3n) is 5.63. The molecule has 1 fully saturated rings. The Bertz CT molecular complexity index is 1240. The number of hydrogen-bond acceptors (Lipinski definition) is 4. The summed E-state index contributed by atoms with van der Waals surface area (Å²) in [6.07, 6.45) is 1.58. The van der Waals surface area contributed by atoms with Crippen molar-refractivity contribution in [2.75, 3.05) is 13.2 Å². The molecule has 6 nitrogen and oxygen atoms in total. The van der Waals surface area contributed by atoms with E-state index >= 15 is 0 Å². The smallest absolute Gasteiger partial charge is 0.251 e. The van der Waals surface area contributed by atoms with Crippen molar-refractivity contribution in [2.45, 2.75) is 36.8 Å². The summed E-state index contributed by atoms with van der Waals surface area (Å²) < 4.78 is 33.5. The third-order valence-corrected chi connectivity index (χ3v) is 7.53. The molecule has 1 heterocycles. The van der Waals surface area contributed by atoms with Crippen LogP contribution in [0, 0.1) is 0 Å². The molecule has 2 atom stereocenters. The second-order valence-corrected chi connectivity index (χ2v) is 10.1. The van der Waals surface area contributed by atoms with Gasteiger partial charge in [-0.3, -0.25) is 4.79 Å². The number of sulfonamides is 1. The lowest BCUT2D eigenvalue weighted by Gasteiger charge is -2.16. The number of nitrogens with one attached hydrogen (secondary N) is 2. The normalized spacial score (nSPS) is 17.4. The predicted octanol–water partition coefficient (Wildman–Crippen LogP) is 4.44. The standard InChI is InChI=1S/C24H25ClN2O4S/c1-16(18-9-8-17-5-2-3-6-19(17)13-18)27-24(28)20-10-11-22(25)23(14-20)32(29,30)26-15-21-7-4-12-31-21/h2-3,5-6,8-11,13-14,16,21,26H,4,7,12,15H2,1H3,(H,27,28). The molecule has 1 aliphatic heterocycles. The zero-order valence-corrected chi connectivity index (χ0v) is 19.2. The monoisotopic (exact) mass is 472 g/mol. The number of fused-ring (bicyclic) bond motifs is 1. The highest BCUT2D eigenvalue weighted by molar-refractivity contribution is 7.89. The zero-order valence-electron chi connectivity index (χ0n) is 17.7. The predicted molar refractivity (Wildman–Crippen MR) is 125 cm³/mol. The summed E-state index contributed by atoms with van der Waals surface area (Å²) in [4.78, 5) is 12.7. The summed E-state index contributed by atoms with van der Waals surface area (Å²) in [7, 11) is -3.88. The molecule has 168 valence electrons. The third kappa shape index (κ3) is 5.13. The molecule has 2 N–H and O–H groups in total. The van der Waals surface area contributed by atoms with Gasteiger partial charge in [-0.2, -0.15) is 0 Å². The minimum Gasteiger partial charge on any atom is -0.377 e. The number of rotatable bonds is 7. The quantitative estimate of drug-likeness (QED) is 0.532. The van der Waals surface area contributed by atoms with Crippen molar-refractivity contribution in [3.63, 3.8) is 0 Å². The van der Waals surface area contributed by atoms with Crippen LogP contribution < -0.4 is 10.0 Å². The molecule has 4 rings (SSSR count). The van der Waals surface area contributed by atoms with Crippen molar-refractivity contribution in [1.82, 2.24) is 10.0 Å². The van der Waals surface area contributed by atoms with Gasteiger partial charge in [-0.15, -0.1) is 0 Å². The van der Waals surface area contributed by atoms with E-state index in [1.807, 2.05) is 49.4 Å². The highest BCUT2D eigenvalue weighted by atomic mass is 35.5. The molecule has 0 aliphatic carbocycles. The van der Waals surface area contributed by atoms with Crippen LogP contribution in [0.3, 0.4) is 0 Å². The summed E-state index contributed by atoms with van der Waals surface area (Å²) in [6.45, 7) is 2.70. The van der Waals surface area contributed by atoms with Gasteiger partial charge in [-0.25, -0.2) is 13.1 Å². The molecule has 1 amide bonds. The van der Waals surface area contributed by atoms with Crippen LogP contribution in [0.25, 0.3) is 10.8 Å². The van der Waals surface area contributed by atoms with Crippen LogP contribution in [0.15, 0.2) is 65.6 Å². The molecule has 0 bridgehead atoms. The fraction of sp³-hybridized carbons (Fsp3) is 0.292. The molecule has 0 aromatic heterocycles. The van der Waals surface area contributed by atoms with Crippen molar-refractivity contribution in [3.8, 4) is 0 Å². The highest BCUT2D eigenvalue weighted by Gasteiger charge is 2.24. The molecule has 3 aromatic carbocycles. The molecule has 0 radical (unpaired) electrons. The van der Waals surface area contributed by atoms with Crippen LogP contribution in [0.2, 0.25) is 5.02 Å². The Kier molecular flexibility index (Phi) is 6.81.